The van der Waals surface area contributed by atoms with Crippen molar-refractivity contribution in [1.82, 2.24) is 9.97 Å². The number of thioether (sulfide) groups is 1. The molecule has 0 aliphatic heterocycles. The molecule has 0 aromatic carbocycles. The van der Waals surface area contributed by atoms with Gasteiger partial charge in [0.15, 0.2) is 5.16 Å². The number of nitrogens with one attached hydrogen (secondary N) is 1. The molecule has 2 rings (SSSR count). The summed E-state index contributed by atoms with van der Waals surface area (Å²) in [6.07, 6.45) is 7.34. The summed E-state index contributed by atoms with van der Waals surface area (Å²) < 4.78 is 0.890. The zero-order valence-corrected chi connectivity index (χ0v) is 12.1. The Labute approximate surface area is 114 Å². The lowest BCUT2D eigenvalue weighted by molar-refractivity contribution is 0.126. The molecule has 1 fully saturated rings. The average Bonchev–Trinajstić information content (AvgIpc) is 2.35. The van der Waals surface area contributed by atoms with Crippen molar-refractivity contribution in [2.24, 2.45) is 0 Å². The van der Waals surface area contributed by atoms with E-state index in [1.165, 1.54) is 11.8 Å². The maximum atomic E-state index is 9.46. The van der Waals surface area contributed by atoms with Crippen LogP contribution in [0.25, 0.3) is 0 Å². The van der Waals surface area contributed by atoms with Gasteiger partial charge in [-0.2, -0.15) is 0 Å². The van der Waals surface area contributed by atoms with E-state index in [2.05, 4.69) is 31.2 Å². The van der Waals surface area contributed by atoms with Crippen LogP contribution in [0.15, 0.2) is 15.8 Å². The third-order valence-electron chi connectivity index (χ3n) is 2.94. The average molecular weight is 318 g/mol. The topological polar surface area (TPSA) is 58.0 Å². The fraction of sp³-hybridized carbons (Fsp3) is 0.636. The second kappa shape index (κ2) is 6.02. The molecular formula is C11H16BrN3OS. The number of rotatable bonds is 3. The zero-order chi connectivity index (χ0) is 12.3. The molecule has 0 amide bonds. The van der Waals surface area contributed by atoms with Gasteiger partial charge in [-0.05, 0) is 47.9 Å². The molecule has 1 aromatic rings. The van der Waals surface area contributed by atoms with Gasteiger partial charge in [0.1, 0.15) is 5.82 Å². The third kappa shape index (κ3) is 3.56. The van der Waals surface area contributed by atoms with Crippen molar-refractivity contribution in [3.05, 3.63) is 10.7 Å². The molecule has 1 aliphatic rings. The van der Waals surface area contributed by atoms with E-state index in [4.69, 9.17) is 0 Å². The summed E-state index contributed by atoms with van der Waals surface area (Å²) in [6.45, 7) is 0. The molecule has 0 atom stereocenters. The molecule has 0 bridgehead atoms. The molecule has 0 saturated heterocycles. The van der Waals surface area contributed by atoms with Gasteiger partial charge >= 0.3 is 0 Å². The van der Waals surface area contributed by atoms with Crippen molar-refractivity contribution < 1.29 is 5.11 Å². The molecule has 6 heteroatoms. The first-order valence-electron chi connectivity index (χ1n) is 5.70. The van der Waals surface area contributed by atoms with Crippen LogP contribution in [0.1, 0.15) is 25.7 Å². The van der Waals surface area contributed by atoms with Crippen molar-refractivity contribution in [1.29, 1.82) is 0 Å². The third-order valence-corrected chi connectivity index (χ3v) is 4.08. The number of aliphatic hydroxyl groups excluding tert-OH is 1. The van der Waals surface area contributed by atoms with E-state index in [0.717, 1.165) is 41.1 Å². The maximum Gasteiger partial charge on any atom is 0.189 e. The van der Waals surface area contributed by atoms with Crippen LogP contribution in [0.3, 0.4) is 0 Å². The maximum absolute atomic E-state index is 9.46. The van der Waals surface area contributed by atoms with Crippen LogP contribution >= 0.6 is 27.7 Å². The van der Waals surface area contributed by atoms with Crippen LogP contribution in [-0.4, -0.2) is 33.5 Å². The highest BCUT2D eigenvalue weighted by molar-refractivity contribution is 9.10. The van der Waals surface area contributed by atoms with Gasteiger partial charge in [0.05, 0.1) is 10.6 Å². The summed E-state index contributed by atoms with van der Waals surface area (Å²) in [4.78, 5) is 8.62. The molecule has 0 radical (unpaired) electrons. The Balaban J connectivity index is 2.02. The molecule has 1 aromatic heterocycles. The van der Waals surface area contributed by atoms with Gasteiger partial charge < -0.3 is 10.4 Å². The lowest BCUT2D eigenvalue weighted by atomic mass is 9.93. The number of aliphatic hydroxyl groups is 1. The second-order valence-electron chi connectivity index (χ2n) is 4.20. The monoisotopic (exact) mass is 317 g/mol. The van der Waals surface area contributed by atoms with Crippen molar-refractivity contribution in [2.75, 3.05) is 11.6 Å². The Morgan fingerprint density at radius 3 is 2.76 bits per heavy atom. The van der Waals surface area contributed by atoms with Crippen molar-refractivity contribution in [2.45, 2.75) is 43.0 Å². The largest absolute Gasteiger partial charge is 0.393 e. The van der Waals surface area contributed by atoms with Crippen LogP contribution < -0.4 is 5.32 Å². The highest BCUT2D eigenvalue weighted by atomic mass is 79.9. The van der Waals surface area contributed by atoms with Gasteiger partial charge in [-0.1, -0.05) is 11.8 Å². The summed E-state index contributed by atoms with van der Waals surface area (Å²) in [5, 5.41) is 13.7. The number of hydrogen-bond acceptors (Lipinski definition) is 5. The lowest BCUT2D eigenvalue weighted by Crippen LogP contribution is -2.28. The van der Waals surface area contributed by atoms with E-state index in [-0.39, 0.29) is 6.10 Å². The summed E-state index contributed by atoms with van der Waals surface area (Å²) in [6, 6.07) is 0.402. The fourth-order valence-corrected chi connectivity index (χ4v) is 2.61. The van der Waals surface area contributed by atoms with Crippen molar-refractivity contribution in [3.63, 3.8) is 0 Å². The summed E-state index contributed by atoms with van der Waals surface area (Å²) in [5.74, 6) is 0.853. The predicted octanol–water partition coefficient (Wildman–Crippen LogP) is 2.68. The molecular weight excluding hydrogens is 302 g/mol. The predicted molar refractivity (Wildman–Crippen MR) is 73.4 cm³/mol. The van der Waals surface area contributed by atoms with E-state index in [9.17, 15) is 5.11 Å². The summed E-state index contributed by atoms with van der Waals surface area (Å²) >= 11 is 4.98. The van der Waals surface area contributed by atoms with Crippen LogP contribution in [-0.2, 0) is 0 Å². The van der Waals surface area contributed by atoms with E-state index < -0.39 is 0 Å². The highest BCUT2D eigenvalue weighted by Gasteiger charge is 2.20. The van der Waals surface area contributed by atoms with Crippen molar-refractivity contribution in [3.8, 4) is 0 Å². The van der Waals surface area contributed by atoms with E-state index >= 15 is 0 Å². The zero-order valence-electron chi connectivity index (χ0n) is 9.69. The van der Waals surface area contributed by atoms with Crippen LogP contribution in [0.5, 0.6) is 0 Å². The number of hydrogen-bond donors (Lipinski definition) is 2. The molecule has 17 heavy (non-hydrogen) atoms. The first kappa shape index (κ1) is 13.1. The molecule has 0 unspecified atom stereocenters. The van der Waals surface area contributed by atoms with Crippen LogP contribution in [0.4, 0.5) is 5.82 Å². The molecule has 0 spiro atoms. The number of anilines is 1. The molecule has 2 N–H and O–H groups in total. The van der Waals surface area contributed by atoms with Gasteiger partial charge in [0.2, 0.25) is 0 Å². The SMILES string of the molecule is CSc1ncc(Br)c(NC2CCC(O)CC2)n1. The van der Waals surface area contributed by atoms with Gasteiger partial charge in [-0.25, -0.2) is 9.97 Å². The fourth-order valence-electron chi connectivity index (χ4n) is 1.96. The lowest BCUT2D eigenvalue weighted by Gasteiger charge is -2.26. The first-order valence-corrected chi connectivity index (χ1v) is 7.72. The van der Waals surface area contributed by atoms with Gasteiger partial charge in [-0.15, -0.1) is 0 Å². The van der Waals surface area contributed by atoms with Crippen LogP contribution in [0, 0.1) is 0 Å². The number of aromatic nitrogens is 2. The summed E-state index contributed by atoms with van der Waals surface area (Å²) in [7, 11) is 0. The molecule has 1 aliphatic carbocycles. The smallest absolute Gasteiger partial charge is 0.189 e. The Morgan fingerprint density at radius 2 is 2.12 bits per heavy atom. The van der Waals surface area contributed by atoms with E-state index in [1.54, 1.807) is 6.20 Å². The molecule has 4 nitrogen and oxygen atoms in total. The van der Waals surface area contributed by atoms with Gasteiger partial charge in [0.25, 0.3) is 0 Å². The Morgan fingerprint density at radius 1 is 1.41 bits per heavy atom. The van der Waals surface area contributed by atoms with Crippen molar-refractivity contribution >= 4 is 33.5 Å². The van der Waals surface area contributed by atoms with Gasteiger partial charge in [-0.3, -0.25) is 0 Å². The number of halogens is 1. The normalized spacial score (nSPS) is 24.6. The highest BCUT2D eigenvalue weighted by Crippen LogP contribution is 2.26. The Hall–Kier alpha value is -0.330. The standard InChI is InChI=1S/C11H16BrN3OS/c1-17-11-13-6-9(12)10(15-11)14-7-2-4-8(16)5-3-7/h6-8,16H,2-5H2,1H3,(H,13,14,15). The molecule has 94 valence electrons. The minimum atomic E-state index is -0.122. The molecule has 1 heterocycles. The van der Waals surface area contributed by atoms with E-state index in [1.807, 2.05) is 6.26 Å². The first-order chi connectivity index (χ1) is 8.19. The van der Waals surface area contributed by atoms with E-state index in [0.29, 0.717) is 6.04 Å². The van der Waals surface area contributed by atoms with Gasteiger partial charge in [0, 0.05) is 12.2 Å². The Bertz CT molecular complexity index is 383. The molecule has 1 saturated carbocycles. The minimum Gasteiger partial charge on any atom is -0.393 e. The van der Waals surface area contributed by atoms with Crippen LogP contribution in [0.2, 0.25) is 0 Å². The quantitative estimate of drug-likeness (QED) is 0.663. The number of nitrogens with zero attached hydrogens (tertiary/aromatic N) is 2. The minimum absolute atomic E-state index is 0.122. The summed E-state index contributed by atoms with van der Waals surface area (Å²) in [5.41, 5.74) is 0. The second-order valence-corrected chi connectivity index (χ2v) is 5.83. The Kier molecular flexibility index (Phi) is 4.64.